The summed E-state index contributed by atoms with van der Waals surface area (Å²) < 4.78 is 39.6. The van der Waals surface area contributed by atoms with Gasteiger partial charge < -0.3 is 9.57 Å². The largest absolute Gasteiger partial charge is 0.453 e. The number of allylic oxidation sites excluding steroid dienone is 2. The monoisotopic (exact) mass is 319 g/mol. The lowest BCUT2D eigenvalue weighted by Crippen LogP contribution is -2.21. The first kappa shape index (κ1) is 18.3. The fourth-order valence-corrected chi connectivity index (χ4v) is 2.15. The smallest absolute Gasteiger partial charge is 0.422 e. The van der Waals surface area contributed by atoms with E-state index < -0.39 is 18.8 Å². The highest BCUT2D eigenvalue weighted by Gasteiger charge is 2.30. The lowest BCUT2D eigenvalue weighted by Gasteiger charge is -2.16. The minimum absolute atomic E-state index is 0.0106. The lowest BCUT2D eigenvalue weighted by atomic mass is 9.90. The molecule has 0 aromatic carbocycles. The van der Waals surface area contributed by atoms with Gasteiger partial charge in [0, 0.05) is 12.0 Å². The molecule has 0 aromatic heterocycles. The number of carbonyl (C=O) groups excluding carboxylic acids is 1. The van der Waals surface area contributed by atoms with Crippen molar-refractivity contribution in [1.82, 2.24) is 0 Å². The van der Waals surface area contributed by atoms with E-state index >= 15 is 0 Å². The molecule has 0 aliphatic carbocycles. The Kier molecular flexibility index (Phi) is 7.14. The fraction of sp³-hybridized carbons (Fsp3) is 0.600. The quantitative estimate of drug-likeness (QED) is 0.388. The Morgan fingerprint density at radius 1 is 1.41 bits per heavy atom. The zero-order valence-corrected chi connectivity index (χ0v) is 12.4. The van der Waals surface area contributed by atoms with E-state index in [0.717, 1.165) is 24.6 Å². The van der Waals surface area contributed by atoms with Crippen molar-refractivity contribution >= 4 is 11.7 Å². The first-order chi connectivity index (χ1) is 10.3. The number of halogens is 3. The molecular formula is C15H20F3NO3. The van der Waals surface area contributed by atoms with Gasteiger partial charge in [-0.05, 0) is 32.6 Å². The van der Waals surface area contributed by atoms with Crippen LogP contribution in [-0.4, -0.2) is 30.6 Å². The number of ether oxygens (including phenoxy) is 1. The molecule has 4 nitrogen and oxygen atoms in total. The minimum atomic E-state index is -4.50. The molecule has 0 amide bonds. The van der Waals surface area contributed by atoms with E-state index in [1.54, 1.807) is 0 Å². The standard InChI is InChI=1S/C15H20F3NO3/c1-3-4-8-13-12(11(2)19-22-13)7-5-6-9-14(20)21-10-15(16,17)18/h3,6,9,12-13H,1,4-5,7-8,10H2,2H3/b9-6+/t12-,13-/m0/s1. The Bertz CT molecular complexity index is 444. The van der Waals surface area contributed by atoms with Crippen LogP contribution in [0.3, 0.4) is 0 Å². The summed E-state index contributed by atoms with van der Waals surface area (Å²) in [6, 6.07) is 0. The number of esters is 1. The van der Waals surface area contributed by atoms with Crippen LogP contribution in [0.4, 0.5) is 13.2 Å². The van der Waals surface area contributed by atoms with Crippen molar-refractivity contribution in [2.45, 2.75) is 44.9 Å². The number of rotatable bonds is 8. The van der Waals surface area contributed by atoms with Crippen molar-refractivity contribution in [3.8, 4) is 0 Å². The average Bonchev–Trinajstić information content (AvgIpc) is 2.79. The highest BCUT2D eigenvalue weighted by atomic mass is 19.4. The second-order valence-electron chi connectivity index (χ2n) is 5.05. The number of nitrogens with zero attached hydrogens (tertiary/aromatic N) is 1. The summed E-state index contributed by atoms with van der Waals surface area (Å²) in [6.07, 6.45) is 2.70. The molecule has 0 aromatic rings. The minimum Gasteiger partial charge on any atom is -0.453 e. The van der Waals surface area contributed by atoms with E-state index in [2.05, 4.69) is 16.5 Å². The van der Waals surface area contributed by atoms with Crippen molar-refractivity contribution in [2.24, 2.45) is 11.1 Å². The molecule has 0 fully saturated rings. The molecule has 0 saturated heterocycles. The molecule has 0 bridgehead atoms. The summed E-state index contributed by atoms with van der Waals surface area (Å²) in [5, 5.41) is 3.96. The molecule has 1 aliphatic heterocycles. The van der Waals surface area contributed by atoms with Gasteiger partial charge in [-0.25, -0.2) is 4.79 Å². The van der Waals surface area contributed by atoms with Gasteiger partial charge in [0.2, 0.25) is 0 Å². The van der Waals surface area contributed by atoms with Gasteiger partial charge in [0.25, 0.3) is 0 Å². The van der Waals surface area contributed by atoms with Crippen molar-refractivity contribution in [1.29, 1.82) is 0 Å². The van der Waals surface area contributed by atoms with Crippen molar-refractivity contribution in [2.75, 3.05) is 6.61 Å². The van der Waals surface area contributed by atoms with Crippen LogP contribution in [0.5, 0.6) is 0 Å². The zero-order valence-electron chi connectivity index (χ0n) is 12.4. The Hall–Kier alpha value is -1.79. The van der Waals surface area contributed by atoms with Crippen LogP contribution >= 0.6 is 0 Å². The number of hydrogen-bond donors (Lipinski definition) is 0. The maximum atomic E-state index is 11.9. The Labute approximate surface area is 127 Å². The summed E-state index contributed by atoms with van der Waals surface area (Å²) >= 11 is 0. The highest BCUT2D eigenvalue weighted by molar-refractivity contribution is 5.85. The predicted octanol–water partition coefficient (Wildman–Crippen LogP) is 3.79. The van der Waals surface area contributed by atoms with Gasteiger partial charge in [0.05, 0.1) is 5.71 Å². The maximum Gasteiger partial charge on any atom is 0.422 e. The SMILES string of the molecule is C=CCC[C@@H]1ON=C(C)[C@@H]1CC/C=C/C(=O)OCC(F)(F)F. The molecule has 1 heterocycles. The van der Waals surface area contributed by atoms with E-state index in [1.165, 1.54) is 6.08 Å². The molecule has 124 valence electrons. The summed E-state index contributed by atoms with van der Waals surface area (Å²) in [6.45, 7) is 3.97. The van der Waals surface area contributed by atoms with Gasteiger partial charge in [0.1, 0.15) is 6.10 Å². The predicted molar refractivity (Wildman–Crippen MR) is 76.3 cm³/mol. The lowest BCUT2D eigenvalue weighted by molar-refractivity contribution is -0.182. The molecule has 0 radical (unpaired) electrons. The fourth-order valence-electron chi connectivity index (χ4n) is 2.15. The summed E-state index contributed by atoms with van der Waals surface area (Å²) in [5.74, 6) is -0.843. The van der Waals surface area contributed by atoms with Gasteiger partial charge in [-0.1, -0.05) is 17.3 Å². The van der Waals surface area contributed by atoms with Gasteiger partial charge in [-0.15, -0.1) is 6.58 Å². The van der Waals surface area contributed by atoms with E-state index in [-0.39, 0.29) is 12.0 Å². The van der Waals surface area contributed by atoms with Gasteiger partial charge in [-0.3, -0.25) is 0 Å². The molecule has 0 spiro atoms. The summed E-state index contributed by atoms with van der Waals surface area (Å²) in [7, 11) is 0. The molecule has 1 aliphatic rings. The van der Waals surface area contributed by atoms with Gasteiger partial charge in [-0.2, -0.15) is 13.2 Å². The molecule has 0 unspecified atom stereocenters. The van der Waals surface area contributed by atoms with Crippen molar-refractivity contribution < 1.29 is 27.5 Å². The van der Waals surface area contributed by atoms with Crippen LogP contribution in [0.2, 0.25) is 0 Å². The van der Waals surface area contributed by atoms with Crippen LogP contribution < -0.4 is 0 Å². The first-order valence-corrected chi connectivity index (χ1v) is 7.04. The normalized spacial score (nSPS) is 21.5. The third-order valence-corrected chi connectivity index (χ3v) is 3.25. The van der Waals surface area contributed by atoms with E-state index in [4.69, 9.17) is 4.84 Å². The molecule has 1 rings (SSSR count). The number of hydrogen-bond acceptors (Lipinski definition) is 4. The van der Waals surface area contributed by atoms with Crippen LogP contribution in [0.15, 0.2) is 30.0 Å². The molecule has 0 N–H and O–H groups in total. The third kappa shape index (κ3) is 6.78. The molecule has 7 heteroatoms. The molecular weight excluding hydrogens is 299 g/mol. The van der Waals surface area contributed by atoms with Crippen LogP contribution in [0.1, 0.15) is 32.6 Å². The molecule has 22 heavy (non-hydrogen) atoms. The Balaban J connectivity index is 2.32. The first-order valence-electron chi connectivity index (χ1n) is 7.04. The van der Waals surface area contributed by atoms with Gasteiger partial charge >= 0.3 is 12.1 Å². The highest BCUT2D eigenvalue weighted by Crippen LogP contribution is 2.26. The van der Waals surface area contributed by atoms with E-state index in [9.17, 15) is 18.0 Å². The average molecular weight is 319 g/mol. The number of alkyl halides is 3. The Morgan fingerprint density at radius 2 is 2.14 bits per heavy atom. The van der Waals surface area contributed by atoms with Crippen LogP contribution in [0, 0.1) is 5.92 Å². The van der Waals surface area contributed by atoms with Crippen molar-refractivity contribution in [3.63, 3.8) is 0 Å². The van der Waals surface area contributed by atoms with E-state index in [0.29, 0.717) is 12.8 Å². The molecule has 0 saturated carbocycles. The van der Waals surface area contributed by atoms with Crippen molar-refractivity contribution in [3.05, 3.63) is 24.8 Å². The van der Waals surface area contributed by atoms with Gasteiger partial charge in [0.15, 0.2) is 6.61 Å². The number of carbonyl (C=O) groups is 1. The summed E-state index contributed by atoms with van der Waals surface area (Å²) in [5.41, 5.74) is 0.891. The van der Waals surface area contributed by atoms with E-state index in [1.807, 2.05) is 13.0 Å². The maximum absolute atomic E-state index is 11.9. The second kappa shape index (κ2) is 8.60. The van der Waals surface area contributed by atoms with Crippen LogP contribution in [0.25, 0.3) is 0 Å². The topological polar surface area (TPSA) is 47.9 Å². The summed E-state index contributed by atoms with van der Waals surface area (Å²) in [4.78, 5) is 16.4. The second-order valence-corrected chi connectivity index (χ2v) is 5.05. The zero-order chi connectivity index (χ0) is 16.6. The third-order valence-electron chi connectivity index (χ3n) is 3.25. The number of oxime groups is 1. The Morgan fingerprint density at radius 3 is 2.77 bits per heavy atom. The molecule has 2 atom stereocenters. The van der Waals surface area contributed by atoms with Crippen LogP contribution in [-0.2, 0) is 14.4 Å².